The standard InChI is InChI=1S/C20H24N4O2/c1-14(25)24-11-16(15-6-4-3-5-7-15)17-10-23(9-8-19(17)24)20(26)18-12-22(2)13-21-18/h3-7,12-13,16-17,19H,8-11H2,1-2H3/t16-,17-,19-/m1/s1. The van der Waals surface area contributed by atoms with Crippen LogP contribution in [0, 0.1) is 5.92 Å². The molecule has 2 aliphatic heterocycles. The number of fused-ring (bicyclic) bond motifs is 1. The second kappa shape index (κ2) is 6.59. The lowest BCUT2D eigenvalue weighted by atomic mass is 9.81. The topological polar surface area (TPSA) is 58.4 Å². The number of aryl methyl sites for hydroxylation is 1. The van der Waals surface area contributed by atoms with Crippen molar-refractivity contribution in [3.8, 4) is 0 Å². The van der Waals surface area contributed by atoms with Crippen LogP contribution in [0.2, 0.25) is 0 Å². The van der Waals surface area contributed by atoms with Gasteiger partial charge in [0.2, 0.25) is 5.91 Å². The van der Waals surface area contributed by atoms with Crippen molar-refractivity contribution in [1.29, 1.82) is 0 Å². The van der Waals surface area contributed by atoms with E-state index in [1.807, 2.05) is 35.0 Å². The van der Waals surface area contributed by atoms with Crippen LogP contribution in [0.5, 0.6) is 0 Å². The monoisotopic (exact) mass is 352 g/mol. The van der Waals surface area contributed by atoms with Gasteiger partial charge in [0.05, 0.1) is 6.33 Å². The van der Waals surface area contributed by atoms with Crippen LogP contribution in [0.15, 0.2) is 42.9 Å². The maximum absolute atomic E-state index is 12.8. The molecule has 0 spiro atoms. The van der Waals surface area contributed by atoms with E-state index in [0.717, 1.165) is 13.0 Å². The van der Waals surface area contributed by atoms with Crippen LogP contribution in [0.4, 0.5) is 0 Å². The lowest BCUT2D eigenvalue weighted by Gasteiger charge is -2.38. The predicted molar refractivity (Wildman–Crippen MR) is 97.6 cm³/mol. The second-order valence-electron chi connectivity index (χ2n) is 7.38. The SMILES string of the molecule is CC(=O)N1C[C@H](c2ccccc2)[C@H]2CN(C(=O)c3cn(C)cn3)CC[C@H]21. The summed E-state index contributed by atoms with van der Waals surface area (Å²) in [5, 5.41) is 0. The molecule has 2 aliphatic rings. The summed E-state index contributed by atoms with van der Waals surface area (Å²) in [6, 6.07) is 10.6. The van der Waals surface area contributed by atoms with Gasteiger partial charge >= 0.3 is 0 Å². The van der Waals surface area contributed by atoms with E-state index in [9.17, 15) is 9.59 Å². The van der Waals surface area contributed by atoms with E-state index in [2.05, 4.69) is 17.1 Å². The van der Waals surface area contributed by atoms with E-state index in [-0.39, 0.29) is 29.7 Å². The summed E-state index contributed by atoms with van der Waals surface area (Å²) in [5.41, 5.74) is 1.74. The molecule has 3 atom stereocenters. The number of likely N-dealkylation sites (tertiary alicyclic amines) is 2. The summed E-state index contributed by atoms with van der Waals surface area (Å²) < 4.78 is 1.79. The number of amides is 2. The first-order valence-corrected chi connectivity index (χ1v) is 9.14. The molecule has 0 aliphatic carbocycles. The van der Waals surface area contributed by atoms with Crippen molar-refractivity contribution >= 4 is 11.8 Å². The van der Waals surface area contributed by atoms with E-state index in [1.165, 1.54) is 5.56 Å². The predicted octanol–water partition coefficient (Wildman–Crippen LogP) is 1.90. The van der Waals surface area contributed by atoms with Crippen LogP contribution in [-0.2, 0) is 11.8 Å². The van der Waals surface area contributed by atoms with Gasteiger partial charge in [-0.1, -0.05) is 30.3 Å². The number of benzene rings is 1. The molecular formula is C20H24N4O2. The van der Waals surface area contributed by atoms with Gasteiger partial charge in [-0.25, -0.2) is 4.98 Å². The summed E-state index contributed by atoms with van der Waals surface area (Å²) in [5.74, 6) is 0.646. The smallest absolute Gasteiger partial charge is 0.274 e. The van der Waals surface area contributed by atoms with Crippen LogP contribution in [0.3, 0.4) is 0 Å². The van der Waals surface area contributed by atoms with Gasteiger partial charge in [-0.2, -0.15) is 0 Å². The Morgan fingerprint density at radius 3 is 2.58 bits per heavy atom. The molecule has 0 N–H and O–H groups in total. The number of carbonyl (C=O) groups is 2. The van der Waals surface area contributed by atoms with E-state index >= 15 is 0 Å². The van der Waals surface area contributed by atoms with Crippen molar-refractivity contribution in [2.45, 2.75) is 25.3 Å². The third-order valence-electron chi connectivity index (χ3n) is 5.77. The molecule has 136 valence electrons. The van der Waals surface area contributed by atoms with Crippen molar-refractivity contribution in [3.63, 3.8) is 0 Å². The number of imidazole rings is 1. The first-order chi connectivity index (χ1) is 12.5. The first kappa shape index (κ1) is 16.8. The average Bonchev–Trinajstić information content (AvgIpc) is 3.25. The maximum atomic E-state index is 12.8. The Labute approximate surface area is 153 Å². The Morgan fingerprint density at radius 2 is 1.92 bits per heavy atom. The molecule has 4 rings (SSSR count). The molecule has 2 saturated heterocycles. The van der Waals surface area contributed by atoms with Crippen molar-refractivity contribution in [2.75, 3.05) is 19.6 Å². The quantitative estimate of drug-likeness (QED) is 0.829. The molecule has 0 bridgehead atoms. The largest absolute Gasteiger partial charge is 0.340 e. The zero-order valence-corrected chi connectivity index (χ0v) is 15.2. The third-order valence-corrected chi connectivity index (χ3v) is 5.77. The van der Waals surface area contributed by atoms with Crippen molar-refractivity contribution < 1.29 is 9.59 Å². The van der Waals surface area contributed by atoms with Gasteiger partial charge in [0.25, 0.3) is 5.91 Å². The fourth-order valence-electron chi connectivity index (χ4n) is 4.52. The number of aromatic nitrogens is 2. The minimum atomic E-state index is -0.0165. The highest BCUT2D eigenvalue weighted by molar-refractivity contribution is 5.92. The Bertz CT molecular complexity index is 816. The number of piperidine rings is 1. The fourth-order valence-corrected chi connectivity index (χ4v) is 4.52. The molecule has 1 aromatic carbocycles. The highest BCUT2D eigenvalue weighted by Gasteiger charge is 2.47. The van der Waals surface area contributed by atoms with Crippen LogP contribution >= 0.6 is 0 Å². The molecule has 1 aromatic heterocycles. The summed E-state index contributed by atoms with van der Waals surface area (Å²) in [6.45, 7) is 3.72. The second-order valence-corrected chi connectivity index (χ2v) is 7.38. The summed E-state index contributed by atoms with van der Waals surface area (Å²) in [4.78, 5) is 33.1. The summed E-state index contributed by atoms with van der Waals surface area (Å²) in [7, 11) is 1.86. The van der Waals surface area contributed by atoms with Gasteiger partial charge in [0.15, 0.2) is 0 Å². The van der Waals surface area contributed by atoms with Crippen molar-refractivity contribution in [3.05, 3.63) is 54.1 Å². The minimum Gasteiger partial charge on any atom is -0.340 e. The highest BCUT2D eigenvalue weighted by atomic mass is 16.2. The summed E-state index contributed by atoms with van der Waals surface area (Å²) >= 11 is 0. The Morgan fingerprint density at radius 1 is 1.15 bits per heavy atom. The van der Waals surface area contributed by atoms with Crippen LogP contribution < -0.4 is 0 Å². The van der Waals surface area contributed by atoms with Crippen LogP contribution in [0.25, 0.3) is 0 Å². The van der Waals surface area contributed by atoms with Crippen LogP contribution in [0.1, 0.15) is 35.3 Å². The number of nitrogens with zero attached hydrogens (tertiary/aromatic N) is 4. The first-order valence-electron chi connectivity index (χ1n) is 9.14. The van der Waals surface area contributed by atoms with E-state index < -0.39 is 0 Å². The maximum Gasteiger partial charge on any atom is 0.274 e. The van der Waals surface area contributed by atoms with Crippen LogP contribution in [-0.4, -0.2) is 56.8 Å². The molecule has 6 nitrogen and oxygen atoms in total. The van der Waals surface area contributed by atoms with Gasteiger partial charge < -0.3 is 14.4 Å². The summed E-state index contributed by atoms with van der Waals surface area (Å²) in [6.07, 6.45) is 4.24. The molecule has 2 fully saturated rings. The normalized spacial score (nSPS) is 25.2. The Kier molecular flexibility index (Phi) is 4.26. The van der Waals surface area contributed by atoms with Crippen molar-refractivity contribution in [1.82, 2.24) is 19.4 Å². The lowest BCUT2D eigenvalue weighted by Crippen LogP contribution is -2.49. The Balaban J connectivity index is 1.59. The van der Waals surface area contributed by atoms with Gasteiger partial charge in [0, 0.05) is 57.7 Å². The van der Waals surface area contributed by atoms with Gasteiger partial charge in [-0.3, -0.25) is 9.59 Å². The molecule has 2 amide bonds. The van der Waals surface area contributed by atoms with E-state index in [4.69, 9.17) is 0 Å². The third kappa shape index (κ3) is 2.89. The lowest BCUT2D eigenvalue weighted by molar-refractivity contribution is -0.130. The van der Waals surface area contributed by atoms with E-state index in [0.29, 0.717) is 18.8 Å². The average molecular weight is 352 g/mol. The van der Waals surface area contributed by atoms with E-state index in [1.54, 1.807) is 24.0 Å². The number of carbonyl (C=O) groups excluding carboxylic acids is 2. The molecule has 6 heteroatoms. The highest BCUT2D eigenvalue weighted by Crippen LogP contribution is 2.41. The number of hydrogen-bond acceptors (Lipinski definition) is 3. The molecule has 3 heterocycles. The van der Waals surface area contributed by atoms with Crippen molar-refractivity contribution in [2.24, 2.45) is 13.0 Å². The molecule has 26 heavy (non-hydrogen) atoms. The van der Waals surface area contributed by atoms with Gasteiger partial charge in [0.1, 0.15) is 5.69 Å². The molecule has 0 saturated carbocycles. The molecule has 0 unspecified atom stereocenters. The zero-order valence-electron chi connectivity index (χ0n) is 15.2. The van der Waals surface area contributed by atoms with Gasteiger partial charge in [-0.05, 0) is 12.0 Å². The molecule has 0 radical (unpaired) electrons. The number of rotatable bonds is 2. The number of hydrogen-bond donors (Lipinski definition) is 0. The molecular weight excluding hydrogens is 328 g/mol. The zero-order chi connectivity index (χ0) is 18.3. The fraction of sp³-hybridized carbons (Fsp3) is 0.450. The Hall–Kier alpha value is -2.63. The molecule has 2 aromatic rings. The minimum absolute atomic E-state index is 0.0165. The van der Waals surface area contributed by atoms with Gasteiger partial charge in [-0.15, -0.1) is 0 Å².